The first-order valence-corrected chi connectivity index (χ1v) is 11.1. The Kier molecular flexibility index (Phi) is 6.57. The van der Waals surface area contributed by atoms with Crippen LogP contribution in [0.4, 0.5) is 0 Å². The molecule has 0 amide bonds. The Hall–Kier alpha value is -2.95. The predicted octanol–water partition coefficient (Wildman–Crippen LogP) is 5.73. The van der Waals surface area contributed by atoms with E-state index in [0.29, 0.717) is 22.0 Å². The standard InChI is InChI=1S/C25H29N3O2/c1-2-3-4-5-6-7-8-10-15-20-16-21-23(29)17-22-24(27-18-26-22)25(21)30-28(20)19-13-11-9-12-14-19/h9,11-14,16-18H,2-8,10,15H2,1H3. The molecule has 5 nitrogen and oxygen atoms in total. The molecule has 2 heterocycles. The van der Waals surface area contributed by atoms with Gasteiger partial charge in [-0.05, 0) is 31.0 Å². The van der Waals surface area contributed by atoms with Crippen LogP contribution < -0.4 is 5.43 Å². The number of rotatable bonds is 10. The van der Waals surface area contributed by atoms with Crippen molar-refractivity contribution in [3.05, 3.63) is 75.3 Å². The van der Waals surface area contributed by atoms with Crippen molar-refractivity contribution in [2.24, 2.45) is 0 Å². The molecule has 0 N–H and O–H groups in total. The summed E-state index contributed by atoms with van der Waals surface area (Å²) in [5, 5.41) is 0.574. The van der Waals surface area contributed by atoms with Crippen LogP contribution in [-0.2, 0) is 6.42 Å². The van der Waals surface area contributed by atoms with E-state index in [4.69, 9.17) is 4.52 Å². The van der Waals surface area contributed by atoms with Crippen molar-refractivity contribution in [3.8, 4) is 17.1 Å². The highest BCUT2D eigenvalue weighted by atomic mass is 16.5. The second kappa shape index (κ2) is 9.70. The highest BCUT2D eigenvalue weighted by Crippen LogP contribution is 2.21. The van der Waals surface area contributed by atoms with Gasteiger partial charge in [-0.1, -0.05) is 70.1 Å². The normalized spacial score (nSPS) is 11.5. The fourth-order valence-electron chi connectivity index (χ4n) is 4.00. The lowest BCUT2D eigenvalue weighted by Gasteiger charge is -2.13. The summed E-state index contributed by atoms with van der Waals surface area (Å²) in [6.45, 7) is 2.25. The first kappa shape index (κ1) is 20.3. The summed E-state index contributed by atoms with van der Waals surface area (Å²) in [6.07, 6.45) is 12.5. The first-order valence-electron chi connectivity index (χ1n) is 11.1. The average molecular weight is 404 g/mol. The Bertz CT molecular complexity index is 1160. The van der Waals surface area contributed by atoms with Gasteiger partial charge >= 0.3 is 0 Å². The quantitative estimate of drug-likeness (QED) is 0.317. The number of para-hydroxylation sites is 1. The molecule has 0 bridgehead atoms. The molecule has 2 aliphatic heterocycles. The number of fused-ring (bicyclic) bond motifs is 2. The van der Waals surface area contributed by atoms with E-state index in [2.05, 4.69) is 16.9 Å². The summed E-state index contributed by atoms with van der Waals surface area (Å²) in [5.41, 5.74) is 3.59. The molecule has 1 aromatic carbocycles. The van der Waals surface area contributed by atoms with Gasteiger partial charge < -0.3 is 4.52 Å². The van der Waals surface area contributed by atoms with Crippen LogP contribution in [0.2, 0.25) is 0 Å². The van der Waals surface area contributed by atoms with Crippen LogP contribution in [0.1, 0.15) is 64.0 Å². The van der Waals surface area contributed by atoms with Crippen LogP contribution in [-0.4, -0.2) is 14.7 Å². The van der Waals surface area contributed by atoms with Gasteiger partial charge in [-0.2, -0.15) is 4.74 Å². The van der Waals surface area contributed by atoms with Gasteiger partial charge in [0.1, 0.15) is 12.0 Å². The van der Waals surface area contributed by atoms with E-state index in [9.17, 15) is 4.79 Å². The summed E-state index contributed by atoms with van der Waals surface area (Å²) in [7, 11) is 0. The van der Waals surface area contributed by atoms with E-state index in [-0.39, 0.29) is 5.43 Å². The molecule has 0 saturated carbocycles. The molecule has 1 aromatic rings. The molecule has 0 atom stereocenters. The lowest BCUT2D eigenvalue weighted by molar-refractivity contribution is 0.295. The number of aromatic nitrogens is 3. The van der Waals surface area contributed by atoms with Crippen LogP contribution in [0.25, 0.3) is 17.1 Å². The van der Waals surface area contributed by atoms with Crippen molar-refractivity contribution in [2.45, 2.75) is 64.7 Å². The Morgan fingerprint density at radius 2 is 1.63 bits per heavy atom. The smallest absolute Gasteiger partial charge is 0.194 e. The van der Waals surface area contributed by atoms with Crippen molar-refractivity contribution in [1.29, 1.82) is 0 Å². The molecule has 0 radical (unpaired) electrons. The molecule has 4 rings (SSSR count). The second-order valence-corrected chi connectivity index (χ2v) is 7.94. The van der Waals surface area contributed by atoms with Gasteiger partial charge in [0.05, 0.1) is 22.3 Å². The van der Waals surface area contributed by atoms with Gasteiger partial charge in [-0.15, -0.1) is 0 Å². The van der Waals surface area contributed by atoms with Gasteiger partial charge in [0.15, 0.2) is 10.8 Å². The molecule has 0 unspecified atom stereocenters. The molecule has 5 heteroatoms. The molecule has 0 saturated heterocycles. The number of aryl methyl sites for hydroxylation is 1. The van der Waals surface area contributed by atoms with Gasteiger partial charge in [0.25, 0.3) is 0 Å². The molecule has 30 heavy (non-hydrogen) atoms. The zero-order valence-corrected chi connectivity index (χ0v) is 17.6. The lowest BCUT2D eigenvalue weighted by atomic mass is 10.1. The topological polar surface area (TPSA) is 60.9 Å². The highest BCUT2D eigenvalue weighted by molar-refractivity contribution is 5.55. The van der Waals surface area contributed by atoms with Crippen LogP contribution in [0.5, 0.6) is 0 Å². The Morgan fingerprint density at radius 1 is 0.900 bits per heavy atom. The third-order valence-corrected chi connectivity index (χ3v) is 5.65. The van der Waals surface area contributed by atoms with E-state index < -0.39 is 0 Å². The van der Waals surface area contributed by atoms with Crippen molar-refractivity contribution >= 4 is 0 Å². The maximum absolute atomic E-state index is 12.7. The zero-order valence-electron chi connectivity index (χ0n) is 17.6. The van der Waals surface area contributed by atoms with Crippen LogP contribution in [0.15, 0.2) is 58.1 Å². The summed E-state index contributed by atoms with van der Waals surface area (Å²) < 4.78 is 8.11. The summed E-state index contributed by atoms with van der Waals surface area (Å²) >= 11 is 0. The average Bonchev–Trinajstić information content (AvgIpc) is 3.24. The maximum Gasteiger partial charge on any atom is 0.194 e. The molecule has 0 aromatic heterocycles. The number of unbranched alkanes of at least 4 members (excludes halogenated alkanes) is 7. The summed E-state index contributed by atoms with van der Waals surface area (Å²) in [6, 6.07) is 13.5. The van der Waals surface area contributed by atoms with Gasteiger partial charge in [-0.3, -0.25) is 4.79 Å². The molecule has 0 spiro atoms. The molecule has 0 fully saturated rings. The van der Waals surface area contributed by atoms with E-state index in [1.165, 1.54) is 51.3 Å². The number of hydrogen-bond acceptors (Lipinski definition) is 4. The molecule has 3 aliphatic rings. The third-order valence-electron chi connectivity index (χ3n) is 5.65. The predicted molar refractivity (Wildman–Crippen MR) is 118 cm³/mol. The molecular formula is C25H29N3O2. The molecule has 1 aliphatic carbocycles. The van der Waals surface area contributed by atoms with E-state index >= 15 is 0 Å². The largest absolute Gasteiger partial charge is 0.372 e. The SMILES string of the molecule is CCCCCCCCCCc1cc2c(=O)cc3ncnc-3c=2on1-c1ccccc1. The summed E-state index contributed by atoms with van der Waals surface area (Å²) in [4.78, 5) is 21.1. The van der Waals surface area contributed by atoms with Crippen LogP contribution >= 0.6 is 0 Å². The molecule has 156 valence electrons. The number of hydrogen-bond donors (Lipinski definition) is 0. The van der Waals surface area contributed by atoms with E-state index in [1.54, 1.807) is 6.07 Å². The maximum atomic E-state index is 12.7. The minimum atomic E-state index is -0.0702. The Labute approximate surface area is 176 Å². The Morgan fingerprint density at radius 3 is 2.40 bits per heavy atom. The zero-order chi connectivity index (χ0) is 20.8. The third kappa shape index (κ3) is 4.45. The number of nitrogens with zero attached hydrogens (tertiary/aromatic N) is 3. The minimum Gasteiger partial charge on any atom is -0.372 e. The fraction of sp³-hybridized carbons (Fsp3) is 0.400. The van der Waals surface area contributed by atoms with Gasteiger partial charge in [0.2, 0.25) is 0 Å². The fourth-order valence-corrected chi connectivity index (χ4v) is 4.00. The van der Waals surface area contributed by atoms with Crippen molar-refractivity contribution in [3.63, 3.8) is 0 Å². The van der Waals surface area contributed by atoms with E-state index in [0.717, 1.165) is 24.2 Å². The first-order chi connectivity index (χ1) is 14.8. The highest BCUT2D eigenvalue weighted by Gasteiger charge is 2.16. The number of benzene rings is 1. The van der Waals surface area contributed by atoms with Gasteiger partial charge in [-0.25, -0.2) is 9.97 Å². The van der Waals surface area contributed by atoms with Crippen molar-refractivity contribution in [1.82, 2.24) is 14.7 Å². The van der Waals surface area contributed by atoms with E-state index in [1.807, 2.05) is 41.1 Å². The number of imidazole rings is 1. The van der Waals surface area contributed by atoms with Crippen molar-refractivity contribution in [2.75, 3.05) is 0 Å². The Balaban J connectivity index is 1.61. The van der Waals surface area contributed by atoms with Crippen LogP contribution in [0, 0.1) is 10.6 Å². The second-order valence-electron chi connectivity index (χ2n) is 7.94. The lowest BCUT2D eigenvalue weighted by Crippen LogP contribution is -2.11. The van der Waals surface area contributed by atoms with Crippen LogP contribution in [0.3, 0.4) is 0 Å². The van der Waals surface area contributed by atoms with Gasteiger partial charge in [0, 0.05) is 6.07 Å². The van der Waals surface area contributed by atoms with Crippen molar-refractivity contribution < 1.29 is 4.52 Å². The molecular weight excluding hydrogens is 374 g/mol. The monoisotopic (exact) mass is 403 g/mol. The minimum absolute atomic E-state index is 0.0702. The summed E-state index contributed by atoms with van der Waals surface area (Å²) in [5.74, 6) is 0.